The Hall–Kier alpha value is -0.930. The molecule has 76 valence electrons. The van der Waals surface area contributed by atoms with Gasteiger partial charge in [0.25, 0.3) is 0 Å². The molecular weight excluding hydrogens is 174 g/mol. The molecule has 3 nitrogen and oxygen atoms in total. The Kier molecular flexibility index (Phi) is 2.79. The van der Waals surface area contributed by atoms with E-state index < -0.39 is 0 Å². The van der Waals surface area contributed by atoms with Gasteiger partial charge < -0.3 is 10.2 Å². The molecule has 0 amide bonds. The smallest absolute Gasteiger partial charge is 0.0579 e. The topological polar surface area (TPSA) is 28.2 Å². The van der Waals surface area contributed by atoms with Crippen LogP contribution in [0.4, 0.5) is 0 Å². The van der Waals surface area contributed by atoms with Crippen molar-refractivity contribution in [3.05, 3.63) is 30.1 Å². The van der Waals surface area contributed by atoms with Crippen molar-refractivity contribution in [2.75, 3.05) is 27.2 Å². The van der Waals surface area contributed by atoms with Crippen LogP contribution in [-0.4, -0.2) is 37.1 Å². The molecule has 0 bridgehead atoms. The van der Waals surface area contributed by atoms with E-state index in [0.29, 0.717) is 12.0 Å². The molecule has 1 atom stereocenters. The third-order valence-electron chi connectivity index (χ3n) is 2.81. The van der Waals surface area contributed by atoms with Crippen LogP contribution in [0.5, 0.6) is 0 Å². The lowest BCUT2D eigenvalue weighted by atomic mass is 9.90. The van der Waals surface area contributed by atoms with Gasteiger partial charge in [-0.15, -0.1) is 0 Å². The maximum Gasteiger partial charge on any atom is 0.0579 e. The minimum Gasteiger partial charge on any atom is -0.316 e. The summed E-state index contributed by atoms with van der Waals surface area (Å²) in [6.07, 6.45) is 1.87. The maximum absolute atomic E-state index is 4.43. The fourth-order valence-electron chi connectivity index (χ4n) is 2.01. The molecular formula is C11H17N3. The molecule has 1 aromatic heterocycles. The summed E-state index contributed by atoms with van der Waals surface area (Å²) in [4.78, 5) is 6.69. The minimum atomic E-state index is 0.456. The summed E-state index contributed by atoms with van der Waals surface area (Å²) in [7, 11) is 4.25. The van der Waals surface area contributed by atoms with Crippen molar-refractivity contribution in [3.8, 4) is 0 Å². The highest BCUT2D eigenvalue weighted by atomic mass is 15.1. The Labute approximate surface area is 85.1 Å². The fraction of sp³-hybridized carbons (Fsp3) is 0.545. The van der Waals surface area contributed by atoms with Gasteiger partial charge in [0.15, 0.2) is 0 Å². The Morgan fingerprint density at radius 1 is 1.43 bits per heavy atom. The summed E-state index contributed by atoms with van der Waals surface area (Å²) >= 11 is 0. The predicted octanol–water partition coefficient (Wildman–Crippen LogP) is 0.904. The number of nitrogens with zero attached hydrogens (tertiary/aromatic N) is 2. The monoisotopic (exact) mass is 191 g/mol. The predicted molar refractivity (Wildman–Crippen MR) is 57.0 cm³/mol. The quantitative estimate of drug-likeness (QED) is 0.769. The van der Waals surface area contributed by atoms with Crippen molar-refractivity contribution < 1.29 is 0 Å². The van der Waals surface area contributed by atoms with Crippen molar-refractivity contribution in [2.45, 2.75) is 6.04 Å². The van der Waals surface area contributed by atoms with E-state index in [-0.39, 0.29) is 0 Å². The van der Waals surface area contributed by atoms with E-state index in [1.54, 1.807) is 0 Å². The zero-order valence-electron chi connectivity index (χ0n) is 8.77. The molecule has 14 heavy (non-hydrogen) atoms. The van der Waals surface area contributed by atoms with Gasteiger partial charge in [-0.05, 0) is 26.2 Å². The average Bonchev–Trinajstić information content (AvgIpc) is 2.12. The lowest BCUT2D eigenvalue weighted by Crippen LogP contribution is -2.48. The third kappa shape index (κ3) is 1.79. The first kappa shape index (κ1) is 9.62. The highest BCUT2D eigenvalue weighted by Gasteiger charge is 2.30. The molecule has 0 radical (unpaired) electrons. The highest BCUT2D eigenvalue weighted by Crippen LogP contribution is 2.27. The van der Waals surface area contributed by atoms with Gasteiger partial charge in [0.1, 0.15) is 0 Å². The molecule has 1 N–H and O–H groups in total. The fourth-order valence-corrected chi connectivity index (χ4v) is 2.01. The summed E-state index contributed by atoms with van der Waals surface area (Å²) in [6, 6.07) is 6.60. The largest absolute Gasteiger partial charge is 0.316 e. The maximum atomic E-state index is 4.43. The Morgan fingerprint density at radius 3 is 2.64 bits per heavy atom. The summed E-state index contributed by atoms with van der Waals surface area (Å²) in [5.41, 5.74) is 1.18. The van der Waals surface area contributed by atoms with Crippen LogP contribution in [0, 0.1) is 5.92 Å². The third-order valence-corrected chi connectivity index (χ3v) is 2.81. The standard InChI is InChI=1S/C11H17N3/c1-14(2)11(9-7-12-8-9)10-5-3-4-6-13-10/h3-6,9,11-12H,7-8H2,1-2H3. The number of nitrogens with one attached hydrogen (secondary N) is 1. The zero-order valence-corrected chi connectivity index (χ0v) is 8.77. The van der Waals surface area contributed by atoms with Gasteiger partial charge >= 0.3 is 0 Å². The van der Waals surface area contributed by atoms with Gasteiger partial charge in [0.2, 0.25) is 0 Å². The van der Waals surface area contributed by atoms with Crippen molar-refractivity contribution >= 4 is 0 Å². The number of pyridine rings is 1. The highest BCUT2D eigenvalue weighted by molar-refractivity contribution is 5.11. The van der Waals surface area contributed by atoms with Crippen LogP contribution in [0.3, 0.4) is 0 Å². The Morgan fingerprint density at radius 2 is 2.21 bits per heavy atom. The molecule has 2 rings (SSSR count). The Balaban J connectivity index is 2.18. The van der Waals surface area contributed by atoms with Crippen LogP contribution in [-0.2, 0) is 0 Å². The van der Waals surface area contributed by atoms with Gasteiger partial charge in [-0.25, -0.2) is 0 Å². The van der Waals surface area contributed by atoms with E-state index >= 15 is 0 Å². The van der Waals surface area contributed by atoms with Crippen molar-refractivity contribution in [3.63, 3.8) is 0 Å². The normalized spacial score (nSPS) is 19.4. The minimum absolute atomic E-state index is 0.456. The summed E-state index contributed by atoms with van der Waals surface area (Å²) in [6.45, 7) is 2.22. The summed E-state index contributed by atoms with van der Waals surface area (Å²) < 4.78 is 0. The second-order valence-electron chi connectivity index (χ2n) is 4.08. The van der Waals surface area contributed by atoms with Gasteiger partial charge in [-0.1, -0.05) is 6.07 Å². The average molecular weight is 191 g/mol. The molecule has 1 fully saturated rings. The van der Waals surface area contributed by atoms with Gasteiger partial charge in [0, 0.05) is 25.2 Å². The van der Waals surface area contributed by atoms with Gasteiger partial charge in [-0.3, -0.25) is 4.98 Å². The first-order chi connectivity index (χ1) is 6.79. The molecule has 1 aliphatic rings. The number of hydrogen-bond donors (Lipinski definition) is 1. The number of rotatable bonds is 3. The van der Waals surface area contributed by atoms with Crippen molar-refractivity contribution in [1.82, 2.24) is 15.2 Å². The number of hydrogen-bond acceptors (Lipinski definition) is 3. The molecule has 0 aliphatic carbocycles. The molecule has 1 unspecified atom stereocenters. The molecule has 1 aromatic rings. The molecule has 3 heteroatoms. The van der Waals surface area contributed by atoms with Crippen LogP contribution in [0.25, 0.3) is 0 Å². The zero-order chi connectivity index (χ0) is 9.97. The Bertz CT molecular complexity index is 280. The van der Waals surface area contributed by atoms with Crippen LogP contribution in [0.2, 0.25) is 0 Å². The lowest BCUT2D eigenvalue weighted by Gasteiger charge is -2.38. The van der Waals surface area contributed by atoms with E-state index in [0.717, 1.165) is 13.1 Å². The van der Waals surface area contributed by atoms with E-state index in [1.165, 1.54) is 5.69 Å². The van der Waals surface area contributed by atoms with Crippen LogP contribution in [0.15, 0.2) is 24.4 Å². The molecule has 1 aliphatic heterocycles. The number of aromatic nitrogens is 1. The van der Waals surface area contributed by atoms with E-state index in [4.69, 9.17) is 0 Å². The summed E-state index contributed by atoms with van der Waals surface area (Å²) in [5.74, 6) is 0.708. The molecule has 0 saturated carbocycles. The van der Waals surface area contributed by atoms with Gasteiger partial charge in [-0.2, -0.15) is 0 Å². The summed E-state index contributed by atoms with van der Waals surface area (Å²) in [5, 5.41) is 3.31. The van der Waals surface area contributed by atoms with Crippen molar-refractivity contribution in [2.24, 2.45) is 5.92 Å². The second-order valence-corrected chi connectivity index (χ2v) is 4.08. The molecule has 0 aromatic carbocycles. The van der Waals surface area contributed by atoms with E-state index in [2.05, 4.69) is 41.4 Å². The van der Waals surface area contributed by atoms with Crippen LogP contribution < -0.4 is 5.32 Å². The first-order valence-electron chi connectivity index (χ1n) is 5.07. The molecule has 0 spiro atoms. The van der Waals surface area contributed by atoms with E-state index in [1.807, 2.05) is 12.3 Å². The molecule has 1 saturated heterocycles. The SMILES string of the molecule is CN(C)C(c1ccccn1)C1CNC1. The lowest BCUT2D eigenvalue weighted by molar-refractivity contribution is 0.157. The van der Waals surface area contributed by atoms with Crippen molar-refractivity contribution in [1.29, 1.82) is 0 Å². The van der Waals surface area contributed by atoms with E-state index in [9.17, 15) is 0 Å². The van der Waals surface area contributed by atoms with Crippen LogP contribution >= 0.6 is 0 Å². The van der Waals surface area contributed by atoms with Gasteiger partial charge in [0.05, 0.1) is 11.7 Å². The first-order valence-corrected chi connectivity index (χ1v) is 5.07. The second kappa shape index (κ2) is 4.07. The molecule has 2 heterocycles. The van der Waals surface area contributed by atoms with Crippen LogP contribution in [0.1, 0.15) is 11.7 Å².